The van der Waals surface area contributed by atoms with Crippen LogP contribution >= 0.6 is 0 Å². The van der Waals surface area contributed by atoms with Crippen molar-refractivity contribution in [2.75, 3.05) is 33.4 Å². The predicted molar refractivity (Wildman–Crippen MR) is 97.9 cm³/mol. The molecule has 0 bridgehead atoms. The summed E-state index contributed by atoms with van der Waals surface area (Å²) in [5.41, 5.74) is 0.955. The molecule has 1 fully saturated rings. The molecule has 1 aliphatic heterocycles. The van der Waals surface area contributed by atoms with E-state index in [1.54, 1.807) is 18.7 Å². The third-order valence-corrected chi connectivity index (χ3v) is 5.14. The van der Waals surface area contributed by atoms with Gasteiger partial charge in [-0.2, -0.15) is 0 Å². The Morgan fingerprint density at radius 1 is 1.32 bits per heavy atom. The van der Waals surface area contributed by atoms with Crippen molar-refractivity contribution in [3.8, 4) is 0 Å². The average Bonchev–Trinajstić information content (AvgIpc) is 2.64. The molecular weight excluding hydrogens is 318 g/mol. The molecule has 2 N–H and O–H groups in total. The highest BCUT2D eigenvalue weighted by Crippen LogP contribution is 2.28. The SMILES string of the molecule is COCC1(CNC(=O)c2cc(=O)n(C)c3ccccc23)CCNCC1. The largest absolute Gasteiger partial charge is 0.384 e. The summed E-state index contributed by atoms with van der Waals surface area (Å²) in [6.07, 6.45) is 1.91. The topological polar surface area (TPSA) is 72.4 Å². The smallest absolute Gasteiger partial charge is 0.252 e. The van der Waals surface area contributed by atoms with Gasteiger partial charge in [-0.3, -0.25) is 9.59 Å². The van der Waals surface area contributed by atoms with E-state index >= 15 is 0 Å². The molecule has 1 aromatic heterocycles. The number of aromatic nitrogens is 1. The maximum atomic E-state index is 12.8. The number of ether oxygens (including phenoxy) is 1. The monoisotopic (exact) mass is 343 g/mol. The molecule has 3 rings (SSSR count). The van der Waals surface area contributed by atoms with Crippen LogP contribution in [0.25, 0.3) is 10.9 Å². The highest BCUT2D eigenvalue weighted by Gasteiger charge is 2.32. The lowest BCUT2D eigenvalue weighted by Gasteiger charge is -2.37. The Balaban J connectivity index is 1.85. The number of pyridine rings is 1. The van der Waals surface area contributed by atoms with Gasteiger partial charge < -0.3 is 19.9 Å². The summed E-state index contributed by atoms with van der Waals surface area (Å²) in [7, 11) is 3.41. The zero-order chi connectivity index (χ0) is 17.9. The van der Waals surface area contributed by atoms with E-state index in [0.717, 1.165) is 36.8 Å². The van der Waals surface area contributed by atoms with Crippen LogP contribution in [0.3, 0.4) is 0 Å². The number of rotatable bonds is 5. The number of carbonyl (C=O) groups excluding carboxylic acids is 1. The van der Waals surface area contributed by atoms with Gasteiger partial charge in [-0.25, -0.2) is 0 Å². The average molecular weight is 343 g/mol. The number of para-hydroxylation sites is 1. The minimum atomic E-state index is -0.206. The van der Waals surface area contributed by atoms with E-state index in [9.17, 15) is 9.59 Å². The van der Waals surface area contributed by atoms with Crippen LogP contribution in [0.5, 0.6) is 0 Å². The van der Waals surface area contributed by atoms with Gasteiger partial charge in [-0.1, -0.05) is 18.2 Å². The zero-order valence-electron chi connectivity index (χ0n) is 14.8. The number of nitrogens with one attached hydrogen (secondary N) is 2. The fraction of sp³-hybridized carbons (Fsp3) is 0.474. The number of amides is 1. The molecule has 0 saturated carbocycles. The summed E-state index contributed by atoms with van der Waals surface area (Å²) in [5, 5.41) is 7.17. The normalized spacial score (nSPS) is 16.7. The Morgan fingerprint density at radius 2 is 2.04 bits per heavy atom. The molecule has 0 spiro atoms. The van der Waals surface area contributed by atoms with Gasteiger partial charge in [0.2, 0.25) is 0 Å². The highest BCUT2D eigenvalue weighted by atomic mass is 16.5. The van der Waals surface area contributed by atoms with Crippen molar-refractivity contribution in [3.63, 3.8) is 0 Å². The predicted octanol–water partition coefficient (Wildman–Crippen LogP) is 1.28. The van der Waals surface area contributed by atoms with E-state index < -0.39 is 0 Å². The Morgan fingerprint density at radius 3 is 2.76 bits per heavy atom. The van der Waals surface area contributed by atoms with E-state index in [2.05, 4.69) is 10.6 Å². The van der Waals surface area contributed by atoms with Crippen LogP contribution in [0, 0.1) is 5.41 Å². The number of fused-ring (bicyclic) bond motifs is 1. The van der Waals surface area contributed by atoms with Crippen molar-refractivity contribution in [1.29, 1.82) is 0 Å². The Kier molecular flexibility index (Phi) is 5.20. The van der Waals surface area contributed by atoms with Gasteiger partial charge >= 0.3 is 0 Å². The van der Waals surface area contributed by atoms with E-state index in [-0.39, 0.29) is 16.9 Å². The van der Waals surface area contributed by atoms with Gasteiger partial charge in [0.15, 0.2) is 0 Å². The second-order valence-corrected chi connectivity index (χ2v) is 6.84. The fourth-order valence-electron chi connectivity index (χ4n) is 3.60. The Labute approximate surface area is 147 Å². The number of nitrogens with zero attached hydrogens (tertiary/aromatic N) is 1. The highest BCUT2D eigenvalue weighted by molar-refractivity contribution is 6.06. The first kappa shape index (κ1) is 17.6. The lowest BCUT2D eigenvalue weighted by Crippen LogP contribution is -2.47. The first-order chi connectivity index (χ1) is 12.1. The second kappa shape index (κ2) is 7.37. The summed E-state index contributed by atoms with van der Waals surface area (Å²) in [6, 6.07) is 8.89. The van der Waals surface area contributed by atoms with Gasteiger partial charge in [-0.05, 0) is 32.0 Å². The van der Waals surface area contributed by atoms with E-state index in [1.807, 2.05) is 24.3 Å². The van der Waals surface area contributed by atoms with Crippen LogP contribution in [0.2, 0.25) is 0 Å². The van der Waals surface area contributed by atoms with E-state index in [1.165, 1.54) is 6.07 Å². The molecule has 0 radical (unpaired) electrons. The molecule has 134 valence electrons. The first-order valence-electron chi connectivity index (χ1n) is 8.63. The molecule has 0 atom stereocenters. The summed E-state index contributed by atoms with van der Waals surface area (Å²) >= 11 is 0. The number of methoxy groups -OCH3 is 1. The number of carbonyl (C=O) groups is 1. The summed E-state index contributed by atoms with van der Waals surface area (Å²) in [4.78, 5) is 25.0. The molecule has 0 unspecified atom stereocenters. The summed E-state index contributed by atoms with van der Waals surface area (Å²) < 4.78 is 6.96. The number of benzene rings is 1. The van der Waals surface area contributed by atoms with Crippen LogP contribution in [0.1, 0.15) is 23.2 Å². The van der Waals surface area contributed by atoms with Crippen molar-refractivity contribution in [2.45, 2.75) is 12.8 Å². The van der Waals surface area contributed by atoms with E-state index in [0.29, 0.717) is 18.7 Å². The van der Waals surface area contributed by atoms with Crippen molar-refractivity contribution >= 4 is 16.8 Å². The van der Waals surface area contributed by atoms with Crippen LogP contribution < -0.4 is 16.2 Å². The third-order valence-electron chi connectivity index (χ3n) is 5.14. The van der Waals surface area contributed by atoms with Gasteiger partial charge in [0, 0.05) is 37.6 Å². The third kappa shape index (κ3) is 3.60. The minimum Gasteiger partial charge on any atom is -0.384 e. The van der Waals surface area contributed by atoms with Crippen LogP contribution in [-0.2, 0) is 11.8 Å². The van der Waals surface area contributed by atoms with Crippen LogP contribution in [-0.4, -0.2) is 43.8 Å². The lowest BCUT2D eigenvalue weighted by molar-refractivity contribution is 0.0512. The molecular formula is C19H25N3O3. The molecule has 1 saturated heterocycles. The van der Waals surface area contributed by atoms with Gasteiger partial charge in [0.1, 0.15) is 0 Å². The summed E-state index contributed by atoms with van der Waals surface area (Å²) in [6.45, 7) is 3.01. The number of piperidine rings is 1. The minimum absolute atomic E-state index is 0.0504. The second-order valence-electron chi connectivity index (χ2n) is 6.84. The molecule has 1 aromatic carbocycles. The molecule has 2 heterocycles. The van der Waals surface area contributed by atoms with Crippen molar-refractivity contribution in [3.05, 3.63) is 46.2 Å². The molecule has 6 heteroatoms. The lowest BCUT2D eigenvalue weighted by atomic mass is 9.79. The molecule has 6 nitrogen and oxygen atoms in total. The number of hydrogen-bond donors (Lipinski definition) is 2. The van der Waals surface area contributed by atoms with E-state index in [4.69, 9.17) is 4.74 Å². The fourth-order valence-corrected chi connectivity index (χ4v) is 3.60. The van der Waals surface area contributed by atoms with Gasteiger partial charge in [0.05, 0.1) is 17.7 Å². The summed E-state index contributed by atoms with van der Waals surface area (Å²) in [5.74, 6) is -0.206. The molecule has 2 aromatic rings. The molecule has 1 aliphatic rings. The van der Waals surface area contributed by atoms with Crippen LogP contribution in [0.4, 0.5) is 0 Å². The standard InChI is InChI=1S/C19H25N3O3/c1-22-16-6-4-3-5-14(16)15(11-17(22)23)18(24)21-12-19(13-25-2)7-9-20-10-8-19/h3-6,11,20H,7-10,12-13H2,1-2H3,(H,21,24). The van der Waals surface area contributed by atoms with Gasteiger partial charge in [-0.15, -0.1) is 0 Å². The molecule has 1 amide bonds. The first-order valence-corrected chi connectivity index (χ1v) is 8.63. The number of hydrogen-bond acceptors (Lipinski definition) is 4. The maximum Gasteiger partial charge on any atom is 0.252 e. The Bertz CT molecular complexity index is 817. The number of aryl methyl sites for hydroxylation is 1. The Hall–Kier alpha value is -2.18. The van der Waals surface area contributed by atoms with Crippen LogP contribution in [0.15, 0.2) is 35.1 Å². The van der Waals surface area contributed by atoms with Gasteiger partial charge in [0.25, 0.3) is 11.5 Å². The van der Waals surface area contributed by atoms with Crippen molar-refractivity contribution in [1.82, 2.24) is 15.2 Å². The quantitative estimate of drug-likeness (QED) is 0.858. The molecule has 0 aliphatic carbocycles. The maximum absolute atomic E-state index is 12.8. The zero-order valence-corrected chi connectivity index (χ0v) is 14.8. The van der Waals surface area contributed by atoms with Crippen molar-refractivity contribution in [2.24, 2.45) is 12.5 Å². The molecule has 25 heavy (non-hydrogen) atoms. The van der Waals surface area contributed by atoms with Crippen molar-refractivity contribution < 1.29 is 9.53 Å².